The fraction of sp³-hybridized carbons (Fsp3) is 0.0833. The van der Waals surface area contributed by atoms with Crippen LogP contribution in [0.25, 0.3) is 43.1 Å². The molecule has 0 atom stereocenters. The van der Waals surface area contributed by atoms with Gasteiger partial charge in [0.2, 0.25) is 0 Å². The summed E-state index contributed by atoms with van der Waals surface area (Å²) in [7, 11) is 4.17. The highest BCUT2D eigenvalue weighted by atomic mass is 15.1. The van der Waals surface area contributed by atoms with E-state index in [1.807, 2.05) is 0 Å². The lowest BCUT2D eigenvalue weighted by atomic mass is 9.95. The van der Waals surface area contributed by atoms with E-state index in [0.29, 0.717) is 0 Å². The fourth-order valence-electron chi connectivity index (χ4n) is 3.84. The van der Waals surface area contributed by atoms with Crippen LogP contribution in [0.5, 0.6) is 0 Å². The first-order chi connectivity index (χ1) is 12.2. The molecule has 25 heavy (non-hydrogen) atoms. The number of hydrogen-bond donors (Lipinski definition) is 0. The first-order valence-electron chi connectivity index (χ1n) is 8.66. The fourth-order valence-corrected chi connectivity index (χ4v) is 3.84. The predicted molar refractivity (Wildman–Crippen MR) is 111 cm³/mol. The molecule has 5 rings (SSSR count). The Morgan fingerprint density at radius 3 is 1.80 bits per heavy atom. The standard InChI is InChI=1S/C24H19N/c1-25(2)20-9-12-21-19(14-20)8-11-23-22(21)10-7-18-13-16-5-3-4-6-17(16)15-24(18)23/h3-15H,1-2H3. The smallest absolute Gasteiger partial charge is 0.0367 e. The van der Waals surface area contributed by atoms with Crippen molar-refractivity contribution in [2.75, 3.05) is 19.0 Å². The van der Waals surface area contributed by atoms with Crippen molar-refractivity contribution >= 4 is 48.8 Å². The third-order valence-electron chi connectivity index (χ3n) is 5.20. The number of hydrogen-bond acceptors (Lipinski definition) is 1. The predicted octanol–water partition coefficient (Wildman–Crippen LogP) is 6.37. The monoisotopic (exact) mass is 321 g/mol. The molecule has 0 bridgehead atoms. The molecule has 0 aliphatic heterocycles. The Labute approximate surface area is 147 Å². The van der Waals surface area contributed by atoms with E-state index in [0.717, 1.165) is 0 Å². The highest BCUT2D eigenvalue weighted by Crippen LogP contribution is 2.34. The molecule has 0 heterocycles. The molecule has 5 aromatic rings. The summed E-state index contributed by atoms with van der Waals surface area (Å²) < 4.78 is 0. The van der Waals surface area contributed by atoms with Crippen LogP contribution in [0.3, 0.4) is 0 Å². The lowest BCUT2D eigenvalue weighted by Crippen LogP contribution is -2.07. The van der Waals surface area contributed by atoms with E-state index in [-0.39, 0.29) is 0 Å². The minimum absolute atomic E-state index is 1.23. The summed E-state index contributed by atoms with van der Waals surface area (Å²) in [6.07, 6.45) is 0. The highest BCUT2D eigenvalue weighted by molar-refractivity contribution is 6.19. The SMILES string of the molecule is CN(C)c1ccc2c(ccc3c4cc5ccccc5cc4ccc23)c1. The van der Waals surface area contributed by atoms with Crippen molar-refractivity contribution in [1.29, 1.82) is 0 Å². The Bertz CT molecular complexity index is 1270. The molecule has 0 unspecified atom stereocenters. The maximum Gasteiger partial charge on any atom is 0.0367 e. The molecule has 0 spiro atoms. The molecule has 0 amide bonds. The average molecular weight is 321 g/mol. The van der Waals surface area contributed by atoms with Gasteiger partial charge in [-0.1, -0.05) is 54.6 Å². The van der Waals surface area contributed by atoms with Gasteiger partial charge in [0, 0.05) is 19.8 Å². The Morgan fingerprint density at radius 1 is 0.480 bits per heavy atom. The molecule has 0 N–H and O–H groups in total. The zero-order valence-corrected chi connectivity index (χ0v) is 14.5. The molecular weight excluding hydrogens is 302 g/mol. The molecule has 0 aliphatic carbocycles. The molecule has 1 heteroatoms. The van der Waals surface area contributed by atoms with E-state index in [9.17, 15) is 0 Å². The van der Waals surface area contributed by atoms with Crippen LogP contribution in [0.2, 0.25) is 0 Å². The normalized spacial score (nSPS) is 11.6. The van der Waals surface area contributed by atoms with Gasteiger partial charge in [0.1, 0.15) is 0 Å². The molecular formula is C24H19N. The maximum atomic E-state index is 2.33. The van der Waals surface area contributed by atoms with E-state index in [4.69, 9.17) is 0 Å². The largest absolute Gasteiger partial charge is 0.378 e. The first-order valence-corrected chi connectivity index (χ1v) is 8.66. The molecule has 0 saturated heterocycles. The Hall–Kier alpha value is -3.06. The molecule has 1 nitrogen and oxygen atoms in total. The van der Waals surface area contributed by atoms with Gasteiger partial charge in [0.25, 0.3) is 0 Å². The number of rotatable bonds is 1. The summed E-state index contributed by atoms with van der Waals surface area (Å²) in [5, 5.41) is 10.5. The van der Waals surface area contributed by atoms with Crippen molar-refractivity contribution in [2.45, 2.75) is 0 Å². The summed E-state index contributed by atoms with van der Waals surface area (Å²) in [6.45, 7) is 0. The number of benzene rings is 5. The van der Waals surface area contributed by atoms with Gasteiger partial charge in [-0.05, 0) is 67.4 Å². The summed E-state index contributed by atoms with van der Waals surface area (Å²) in [6, 6.07) is 29.0. The van der Waals surface area contributed by atoms with Crippen LogP contribution in [-0.2, 0) is 0 Å². The maximum absolute atomic E-state index is 2.33. The number of nitrogens with zero attached hydrogens (tertiary/aromatic N) is 1. The zero-order chi connectivity index (χ0) is 17.0. The lowest BCUT2D eigenvalue weighted by molar-refractivity contribution is 1.14. The third kappa shape index (κ3) is 2.16. The van der Waals surface area contributed by atoms with Crippen molar-refractivity contribution in [3.05, 3.63) is 78.9 Å². The van der Waals surface area contributed by atoms with Crippen LogP contribution in [0.1, 0.15) is 0 Å². The second-order valence-electron chi connectivity index (χ2n) is 6.95. The van der Waals surface area contributed by atoms with Crippen molar-refractivity contribution < 1.29 is 0 Å². The molecule has 0 radical (unpaired) electrons. The van der Waals surface area contributed by atoms with E-state index in [2.05, 4.69) is 97.9 Å². The molecule has 0 aliphatic rings. The molecule has 5 aromatic carbocycles. The van der Waals surface area contributed by atoms with Crippen LogP contribution in [0.15, 0.2) is 78.9 Å². The van der Waals surface area contributed by atoms with Gasteiger partial charge in [-0.3, -0.25) is 0 Å². The van der Waals surface area contributed by atoms with E-state index < -0.39 is 0 Å². The van der Waals surface area contributed by atoms with Crippen LogP contribution in [0, 0.1) is 0 Å². The first kappa shape index (κ1) is 14.3. The van der Waals surface area contributed by atoms with E-state index >= 15 is 0 Å². The minimum atomic E-state index is 1.23. The number of anilines is 1. The third-order valence-corrected chi connectivity index (χ3v) is 5.20. The van der Waals surface area contributed by atoms with Gasteiger partial charge in [0.05, 0.1) is 0 Å². The minimum Gasteiger partial charge on any atom is -0.378 e. The van der Waals surface area contributed by atoms with Gasteiger partial charge in [0.15, 0.2) is 0 Å². The van der Waals surface area contributed by atoms with Gasteiger partial charge in [-0.15, -0.1) is 0 Å². The van der Waals surface area contributed by atoms with E-state index in [1.54, 1.807) is 0 Å². The number of fused-ring (bicyclic) bond motifs is 6. The van der Waals surface area contributed by atoms with Crippen LogP contribution in [-0.4, -0.2) is 14.1 Å². The second kappa shape index (κ2) is 5.22. The molecule has 120 valence electrons. The Morgan fingerprint density at radius 2 is 1.08 bits per heavy atom. The van der Waals surface area contributed by atoms with Crippen molar-refractivity contribution in [3.63, 3.8) is 0 Å². The summed E-state index contributed by atoms with van der Waals surface area (Å²) >= 11 is 0. The molecule has 0 fully saturated rings. The summed E-state index contributed by atoms with van der Waals surface area (Å²) in [5.74, 6) is 0. The molecule has 0 saturated carbocycles. The van der Waals surface area contributed by atoms with Crippen molar-refractivity contribution in [1.82, 2.24) is 0 Å². The second-order valence-corrected chi connectivity index (χ2v) is 6.95. The lowest BCUT2D eigenvalue weighted by Gasteiger charge is -2.14. The van der Waals surface area contributed by atoms with Crippen molar-refractivity contribution in [3.8, 4) is 0 Å². The van der Waals surface area contributed by atoms with Gasteiger partial charge in [-0.25, -0.2) is 0 Å². The highest BCUT2D eigenvalue weighted by Gasteiger charge is 2.07. The Balaban J connectivity index is 1.89. The van der Waals surface area contributed by atoms with Gasteiger partial charge in [-0.2, -0.15) is 0 Å². The topological polar surface area (TPSA) is 3.24 Å². The van der Waals surface area contributed by atoms with Gasteiger partial charge < -0.3 is 4.90 Å². The average Bonchev–Trinajstić information content (AvgIpc) is 2.65. The molecule has 0 aromatic heterocycles. The van der Waals surface area contributed by atoms with E-state index in [1.165, 1.54) is 48.8 Å². The van der Waals surface area contributed by atoms with Crippen LogP contribution in [0.4, 0.5) is 5.69 Å². The van der Waals surface area contributed by atoms with Crippen LogP contribution < -0.4 is 4.90 Å². The van der Waals surface area contributed by atoms with Crippen molar-refractivity contribution in [2.24, 2.45) is 0 Å². The zero-order valence-electron chi connectivity index (χ0n) is 14.5. The summed E-state index contributed by atoms with van der Waals surface area (Å²) in [5.41, 5.74) is 1.23. The summed E-state index contributed by atoms with van der Waals surface area (Å²) in [4.78, 5) is 2.15. The van der Waals surface area contributed by atoms with Gasteiger partial charge >= 0.3 is 0 Å². The quantitative estimate of drug-likeness (QED) is 0.256. The van der Waals surface area contributed by atoms with Crippen LogP contribution >= 0.6 is 0 Å². The Kier molecular flexibility index (Phi) is 2.98.